The number of unbranched alkanes of at least 4 members (excludes halogenated alkanes) is 14. The smallest absolute Gasteiger partial charge is 0.303 e. The van der Waals surface area contributed by atoms with Gasteiger partial charge in [-0.2, -0.15) is 0 Å². The van der Waals surface area contributed by atoms with Crippen LogP contribution >= 0.6 is 7.82 Å². The SMILES string of the molecule is CCCCCCCCCCCCCCCC(CC(CC)CCCC)(CC(CC)CCCC)OP(=O)(O)O. The second kappa shape index (κ2) is 24.0. The van der Waals surface area contributed by atoms with E-state index in [1.165, 1.54) is 83.5 Å². The highest BCUT2D eigenvalue weighted by molar-refractivity contribution is 7.46. The molecule has 0 aliphatic carbocycles. The fourth-order valence-corrected chi connectivity index (χ4v) is 6.81. The molecule has 0 fully saturated rings. The third kappa shape index (κ3) is 21.6. The van der Waals surface area contributed by atoms with Crippen LogP contribution in [-0.4, -0.2) is 15.4 Å². The van der Waals surface area contributed by atoms with Crippen LogP contribution in [0, 0.1) is 11.8 Å². The molecule has 37 heavy (non-hydrogen) atoms. The van der Waals surface area contributed by atoms with Crippen molar-refractivity contribution in [3.63, 3.8) is 0 Å². The maximum atomic E-state index is 12.2. The second-order valence-corrected chi connectivity index (χ2v) is 13.2. The van der Waals surface area contributed by atoms with E-state index in [-0.39, 0.29) is 0 Å². The lowest BCUT2D eigenvalue weighted by Crippen LogP contribution is -2.37. The summed E-state index contributed by atoms with van der Waals surface area (Å²) in [5.74, 6) is 0.939. The van der Waals surface area contributed by atoms with Crippen LogP contribution < -0.4 is 0 Å². The zero-order valence-electron chi connectivity index (χ0n) is 25.8. The zero-order valence-corrected chi connectivity index (χ0v) is 26.7. The molecule has 0 spiro atoms. The van der Waals surface area contributed by atoms with E-state index in [1.54, 1.807) is 0 Å². The predicted molar refractivity (Wildman–Crippen MR) is 162 cm³/mol. The molecule has 0 aromatic carbocycles. The molecule has 0 aromatic rings. The molecule has 2 atom stereocenters. The number of hydrogen-bond donors (Lipinski definition) is 2. The average Bonchev–Trinajstić information content (AvgIpc) is 2.86. The molecule has 5 heteroatoms. The highest BCUT2D eigenvalue weighted by Crippen LogP contribution is 2.49. The standard InChI is InChI=1S/C32H67O4P/c1-6-11-14-15-16-17-18-19-20-21-22-23-24-27-32(36-37(33,34)35,28-30(9-4)25-12-7-2)29-31(10-5)26-13-8-3/h30-31H,6-29H2,1-5H3,(H2,33,34,35). The predicted octanol–water partition coefficient (Wildman–Crippen LogP) is 11.5. The van der Waals surface area contributed by atoms with E-state index in [2.05, 4.69) is 34.6 Å². The average molecular weight is 547 g/mol. The molecule has 0 aliphatic rings. The summed E-state index contributed by atoms with van der Waals surface area (Å²) in [5.41, 5.74) is -0.695. The van der Waals surface area contributed by atoms with Crippen molar-refractivity contribution in [2.45, 2.75) is 194 Å². The topological polar surface area (TPSA) is 66.8 Å². The molecule has 0 amide bonds. The summed E-state index contributed by atoms with van der Waals surface area (Å²) in [5, 5.41) is 0. The van der Waals surface area contributed by atoms with Gasteiger partial charge < -0.3 is 9.79 Å². The highest BCUT2D eigenvalue weighted by atomic mass is 31.2. The van der Waals surface area contributed by atoms with E-state index in [0.29, 0.717) is 11.8 Å². The minimum Gasteiger partial charge on any atom is -0.303 e. The van der Waals surface area contributed by atoms with Crippen LogP contribution in [0.25, 0.3) is 0 Å². The molecule has 0 saturated heterocycles. The molecule has 0 heterocycles. The summed E-state index contributed by atoms with van der Waals surface area (Å²) >= 11 is 0. The maximum Gasteiger partial charge on any atom is 0.470 e. The number of hydrogen-bond acceptors (Lipinski definition) is 2. The summed E-state index contributed by atoms with van der Waals surface area (Å²) in [6.45, 7) is 11.2. The molecule has 0 saturated carbocycles. The fraction of sp³-hybridized carbons (Fsp3) is 1.00. The van der Waals surface area contributed by atoms with Gasteiger partial charge in [0, 0.05) is 0 Å². The molecule has 2 unspecified atom stereocenters. The molecule has 224 valence electrons. The van der Waals surface area contributed by atoms with Gasteiger partial charge in [-0.25, -0.2) is 4.57 Å². The minimum absolute atomic E-state index is 0.470. The number of phosphoric acid groups is 1. The number of rotatable bonds is 28. The van der Waals surface area contributed by atoms with Gasteiger partial charge in [0.15, 0.2) is 0 Å². The van der Waals surface area contributed by atoms with Crippen molar-refractivity contribution in [3.8, 4) is 0 Å². The Balaban J connectivity index is 4.91. The third-order valence-corrected chi connectivity index (χ3v) is 9.08. The van der Waals surface area contributed by atoms with Crippen molar-refractivity contribution in [2.24, 2.45) is 11.8 Å². The van der Waals surface area contributed by atoms with Gasteiger partial charge in [-0.3, -0.25) is 4.52 Å². The fourth-order valence-electron chi connectivity index (χ4n) is 6.06. The molecule has 0 aromatic heterocycles. The first kappa shape index (κ1) is 37.1. The van der Waals surface area contributed by atoms with Crippen molar-refractivity contribution in [2.75, 3.05) is 0 Å². The molecule has 0 radical (unpaired) electrons. The van der Waals surface area contributed by atoms with Crippen LogP contribution in [0.2, 0.25) is 0 Å². The van der Waals surface area contributed by atoms with Crippen molar-refractivity contribution in [1.82, 2.24) is 0 Å². The Hall–Kier alpha value is 0.110. The van der Waals surface area contributed by atoms with Gasteiger partial charge in [0.1, 0.15) is 0 Å². The molecule has 0 bridgehead atoms. The summed E-state index contributed by atoms with van der Waals surface area (Å²) in [6.07, 6.45) is 28.4. The van der Waals surface area contributed by atoms with Gasteiger partial charge in [0.2, 0.25) is 0 Å². The molecular weight excluding hydrogens is 479 g/mol. The van der Waals surface area contributed by atoms with Crippen LogP contribution in [0.15, 0.2) is 0 Å². The first-order chi connectivity index (χ1) is 17.8. The van der Waals surface area contributed by atoms with Crippen LogP contribution in [-0.2, 0) is 9.09 Å². The molecule has 0 rings (SSSR count). The van der Waals surface area contributed by atoms with Crippen molar-refractivity contribution in [1.29, 1.82) is 0 Å². The van der Waals surface area contributed by atoms with E-state index >= 15 is 0 Å². The lowest BCUT2D eigenvalue weighted by Gasteiger charge is -2.39. The highest BCUT2D eigenvalue weighted by Gasteiger charge is 2.40. The summed E-state index contributed by atoms with van der Waals surface area (Å²) in [6, 6.07) is 0. The van der Waals surface area contributed by atoms with E-state index in [4.69, 9.17) is 4.52 Å². The molecule has 0 aliphatic heterocycles. The van der Waals surface area contributed by atoms with Crippen molar-refractivity contribution >= 4 is 7.82 Å². The van der Waals surface area contributed by atoms with Gasteiger partial charge in [-0.05, 0) is 31.1 Å². The first-order valence-electron chi connectivity index (χ1n) is 16.5. The van der Waals surface area contributed by atoms with Gasteiger partial charge in [-0.15, -0.1) is 0 Å². The Kier molecular flexibility index (Phi) is 24.0. The van der Waals surface area contributed by atoms with E-state index in [9.17, 15) is 14.4 Å². The van der Waals surface area contributed by atoms with Crippen LogP contribution in [0.4, 0.5) is 0 Å². The van der Waals surface area contributed by atoms with Crippen LogP contribution in [0.1, 0.15) is 189 Å². The summed E-state index contributed by atoms with van der Waals surface area (Å²) < 4.78 is 18.0. The first-order valence-corrected chi connectivity index (χ1v) is 18.0. The monoisotopic (exact) mass is 546 g/mol. The second-order valence-electron chi connectivity index (χ2n) is 12.0. The van der Waals surface area contributed by atoms with E-state index < -0.39 is 13.4 Å². The van der Waals surface area contributed by atoms with Gasteiger partial charge in [0.25, 0.3) is 0 Å². The van der Waals surface area contributed by atoms with Crippen LogP contribution in [0.5, 0.6) is 0 Å². The minimum atomic E-state index is -4.56. The van der Waals surface area contributed by atoms with E-state index in [0.717, 1.165) is 70.6 Å². The quantitative estimate of drug-likeness (QED) is 0.0756. The van der Waals surface area contributed by atoms with Crippen molar-refractivity contribution in [3.05, 3.63) is 0 Å². The van der Waals surface area contributed by atoms with Gasteiger partial charge in [-0.1, -0.05) is 169 Å². The van der Waals surface area contributed by atoms with E-state index in [1.807, 2.05) is 0 Å². The Morgan fingerprint density at radius 2 is 0.919 bits per heavy atom. The Morgan fingerprint density at radius 3 is 1.24 bits per heavy atom. The lowest BCUT2D eigenvalue weighted by molar-refractivity contribution is -0.0187. The Labute approximate surface area is 232 Å². The Morgan fingerprint density at radius 1 is 0.568 bits per heavy atom. The van der Waals surface area contributed by atoms with Gasteiger partial charge in [0.05, 0.1) is 5.60 Å². The largest absolute Gasteiger partial charge is 0.470 e. The van der Waals surface area contributed by atoms with Crippen LogP contribution in [0.3, 0.4) is 0 Å². The maximum absolute atomic E-state index is 12.2. The molecule has 4 nitrogen and oxygen atoms in total. The molecular formula is C32H67O4P. The lowest BCUT2D eigenvalue weighted by atomic mass is 9.76. The third-order valence-electron chi connectivity index (χ3n) is 8.46. The Bertz CT molecular complexity index is 515. The molecule has 2 N–H and O–H groups in total. The van der Waals surface area contributed by atoms with Crippen molar-refractivity contribution < 1.29 is 18.9 Å². The zero-order chi connectivity index (χ0) is 27.8. The normalized spacial score (nSPS) is 15.5. The van der Waals surface area contributed by atoms with Gasteiger partial charge >= 0.3 is 7.82 Å². The summed E-state index contributed by atoms with van der Waals surface area (Å²) in [7, 11) is -4.56. The number of phosphoric ester groups is 1. The summed E-state index contributed by atoms with van der Waals surface area (Å²) in [4.78, 5) is 19.9.